The molecule has 0 N–H and O–H groups in total. The molecular formula is C14H23NOS. The van der Waals surface area contributed by atoms with Gasteiger partial charge in [-0.05, 0) is 38.5 Å². The molecule has 2 nitrogen and oxygen atoms in total. The fourth-order valence-electron chi connectivity index (χ4n) is 3.00. The van der Waals surface area contributed by atoms with Crippen LogP contribution in [0, 0.1) is 23.2 Å². The maximum absolute atomic E-state index is 9.27. The third kappa shape index (κ3) is 3.17. The van der Waals surface area contributed by atoms with E-state index in [1.54, 1.807) is 0 Å². The Hall–Kier alpha value is -0.200. The molecule has 2 aliphatic rings. The van der Waals surface area contributed by atoms with Crippen LogP contribution < -0.4 is 0 Å². The molecule has 0 radical (unpaired) electrons. The summed E-state index contributed by atoms with van der Waals surface area (Å²) in [7, 11) is 0. The molecular weight excluding hydrogens is 230 g/mol. The van der Waals surface area contributed by atoms with Gasteiger partial charge < -0.3 is 4.74 Å². The van der Waals surface area contributed by atoms with Crippen LogP contribution in [0.5, 0.6) is 0 Å². The van der Waals surface area contributed by atoms with Crippen LogP contribution in [0.15, 0.2) is 0 Å². The third-order valence-corrected chi connectivity index (χ3v) is 6.14. The summed E-state index contributed by atoms with van der Waals surface area (Å²) in [6.45, 7) is 5.35. The number of hydrogen-bond acceptors (Lipinski definition) is 3. The fourth-order valence-corrected chi connectivity index (χ4v) is 4.75. The zero-order valence-corrected chi connectivity index (χ0v) is 11.7. The van der Waals surface area contributed by atoms with Crippen molar-refractivity contribution in [1.29, 1.82) is 5.26 Å². The summed E-state index contributed by atoms with van der Waals surface area (Å²) >= 11 is 2.04. The van der Waals surface area contributed by atoms with Crippen LogP contribution in [-0.4, -0.2) is 23.2 Å². The van der Waals surface area contributed by atoms with Gasteiger partial charge in [0.2, 0.25) is 0 Å². The van der Waals surface area contributed by atoms with Gasteiger partial charge >= 0.3 is 0 Å². The average molecular weight is 253 g/mol. The maximum atomic E-state index is 9.27. The SMILES string of the molecule is CCC1CCC(C#N)C(SC2CCOC2C)C1. The number of thioether (sulfide) groups is 1. The molecule has 1 aliphatic heterocycles. The highest BCUT2D eigenvalue weighted by Crippen LogP contribution is 2.41. The lowest BCUT2D eigenvalue weighted by Crippen LogP contribution is -2.29. The Morgan fingerprint density at radius 3 is 2.71 bits per heavy atom. The van der Waals surface area contributed by atoms with Crippen molar-refractivity contribution in [2.24, 2.45) is 11.8 Å². The van der Waals surface area contributed by atoms with Crippen molar-refractivity contribution < 1.29 is 4.74 Å². The van der Waals surface area contributed by atoms with Gasteiger partial charge in [0.1, 0.15) is 0 Å². The minimum Gasteiger partial charge on any atom is -0.377 e. The molecule has 2 rings (SSSR count). The van der Waals surface area contributed by atoms with Crippen LogP contribution in [0.1, 0.15) is 46.0 Å². The van der Waals surface area contributed by atoms with Crippen molar-refractivity contribution in [3.8, 4) is 6.07 Å². The van der Waals surface area contributed by atoms with Gasteiger partial charge in [0.25, 0.3) is 0 Å². The van der Waals surface area contributed by atoms with E-state index in [2.05, 4.69) is 19.9 Å². The zero-order valence-electron chi connectivity index (χ0n) is 10.9. The van der Waals surface area contributed by atoms with Gasteiger partial charge in [0.05, 0.1) is 18.1 Å². The smallest absolute Gasteiger partial charge is 0.0667 e. The largest absolute Gasteiger partial charge is 0.377 e. The van der Waals surface area contributed by atoms with E-state index in [1.807, 2.05) is 11.8 Å². The molecule has 0 bridgehead atoms. The van der Waals surface area contributed by atoms with E-state index >= 15 is 0 Å². The van der Waals surface area contributed by atoms with Crippen LogP contribution in [0.4, 0.5) is 0 Å². The van der Waals surface area contributed by atoms with Crippen molar-refractivity contribution in [3.63, 3.8) is 0 Å². The van der Waals surface area contributed by atoms with Crippen molar-refractivity contribution in [3.05, 3.63) is 0 Å². The summed E-state index contributed by atoms with van der Waals surface area (Å²) in [5.74, 6) is 1.12. The quantitative estimate of drug-likeness (QED) is 0.770. The first-order chi connectivity index (χ1) is 8.24. The number of hydrogen-bond donors (Lipinski definition) is 0. The second kappa shape index (κ2) is 6.11. The average Bonchev–Trinajstić information content (AvgIpc) is 2.75. The summed E-state index contributed by atoms with van der Waals surface area (Å²) in [5.41, 5.74) is 0. The number of ether oxygens (including phenoxy) is 1. The molecule has 96 valence electrons. The standard InChI is InChI=1S/C14H23NOS/c1-3-11-4-5-12(9-15)14(8-11)17-13-6-7-16-10(13)2/h10-14H,3-8H2,1-2H3. The second-order valence-corrected chi connectivity index (χ2v) is 6.88. The monoisotopic (exact) mass is 253 g/mol. The van der Waals surface area contributed by atoms with Crippen molar-refractivity contribution in [2.45, 2.75) is 62.6 Å². The van der Waals surface area contributed by atoms with Gasteiger partial charge in [-0.2, -0.15) is 17.0 Å². The number of nitrogens with zero attached hydrogens (tertiary/aromatic N) is 1. The minimum atomic E-state index is 0.274. The van der Waals surface area contributed by atoms with Gasteiger partial charge in [-0.3, -0.25) is 0 Å². The molecule has 0 spiro atoms. The van der Waals surface area contributed by atoms with Crippen molar-refractivity contribution in [1.82, 2.24) is 0 Å². The molecule has 2 fully saturated rings. The summed E-state index contributed by atoms with van der Waals surface area (Å²) < 4.78 is 5.63. The molecule has 0 aromatic rings. The molecule has 0 aromatic heterocycles. The molecule has 1 saturated heterocycles. The fraction of sp³-hybridized carbons (Fsp3) is 0.929. The topological polar surface area (TPSA) is 33.0 Å². The molecule has 17 heavy (non-hydrogen) atoms. The summed E-state index contributed by atoms with van der Waals surface area (Å²) in [6, 6.07) is 2.53. The lowest BCUT2D eigenvalue weighted by molar-refractivity contribution is 0.127. The summed E-state index contributed by atoms with van der Waals surface area (Å²) in [4.78, 5) is 0. The van der Waals surface area contributed by atoms with Crippen LogP contribution >= 0.6 is 11.8 Å². The highest BCUT2D eigenvalue weighted by atomic mass is 32.2. The molecule has 5 unspecified atom stereocenters. The molecule has 1 saturated carbocycles. The zero-order chi connectivity index (χ0) is 12.3. The van der Waals surface area contributed by atoms with Gasteiger partial charge in [-0.25, -0.2) is 0 Å². The first-order valence-electron chi connectivity index (χ1n) is 6.91. The summed E-state index contributed by atoms with van der Waals surface area (Å²) in [5, 5.41) is 10.4. The van der Waals surface area contributed by atoms with Gasteiger partial charge in [0, 0.05) is 17.1 Å². The van der Waals surface area contributed by atoms with E-state index in [-0.39, 0.29) is 5.92 Å². The Balaban J connectivity index is 1.93. The van der Waals surface area contributed by atoms with E-state index in [0.717, 1.165) is 25.4 Å². The van der Waals surface area contributed by atoms with E-state index < -0.39 is 0 Å². The van der Waals surface area contributed by atoms with E-state index in [0.29, 0.717) is 16.6 Å². The Morgan fingerprint density at radius 1 is 1.29 bits per heavy atom. The minimum absolute atomic E-state index is 0.274. The highest BCUT2D eigenvalue weighted by molar-refractivity contribution is 8.00. The molecule has 1 aliphatic carbocycles. The third-order valence-electron chi connectivity index (χ3n) is 4.30. The lowest BCUT2D eigenvalue weighted by atomic mass is 9.81. The Morgan fingerprint density at radius 2 is 2.12 bits per heavy atom. The second-order valence-electron chi connectivity index (χ2n) is 5.40. The molecule has 0 aromatic carbocycles. The van der Waals surface area contributed by atoms with Crippen LogP contribution in [-0.2, 0) is 4.74 Å². The predicted octanol–water partition coefficient (Wildman–Crippen LogP) is 3.62. The van der Waals surface area contributed by atoms with Crippen molar-refractivity contribution >= 4 is 11.8 Å². The van der Waals surface area contributed by atoms with E-state index in [1.165, 1.54) is 19.3 Å². The maximum Gasteiger partial charge on any atom is 0.0667 e. The van der Waals surface area contributed by atoms with Crippen molar-refractivity contribution in [2.75, 3.05) is 6.61 Å². The van der Waals surface area contributed by atoms with Gasteiger partial charge in [-0.15, -0.1) is 0 Å². The number of rotatable bonds is 3. The molecule has 0 amide bonds. The Labute approximate surface area is 109 Å². The highest BCUT2D eigenvalue weighted by Gasteiger charge is 2.35. The molecule has 1 heterocycles. The van der Waals surface area contributed by atoms with Crippen LogP contribution in [0.25, 0.3) is 0 Å². The summed E-state index contributed by atoms with van der Waals surface area (Å²) in [6.07, 6.45) is 6.41. The molecule has 5 atom stereocenters. The normalized spacial score (nSPS) is 42.3. The van der Waals surface area contributed by atoms with E-state index in [9.17, 15) is 5.26 Å². The first-order valence-corrected chi connectivity index (χ1v) is 7.85. The van der Waals surface area contributed by atoms with E-state index in [4.69, 9.17) is 4.74 Å². The van der Waals surface area contributed by atoms with Crippen LogP contribution in [0.2, 0.25) is 0 Å². The predicted molar refractivity (Wildman–Crippen MR) is 71.9 cm³/mol. The van der Waals surface area contributed by atoms with Gasteiger partial charge in [0.15, 0.2) is 0 Å². The van der Waals surface area contributed by atoms with Gasteiger partial charge in [-0.1, -0.05) is 13.3 Å². The van der Waals surface area contributed by atoms with Crippen LogP contribution in [0.3, 0.4) is 0 Å². The molecule has 3 heteroatoms. The first kappa shape index (κ1) is 13.2. The number of nitriles is 1. The lowest BCUT2D eigenvalue weighted by Gasteiger charge is -2.33. The Bertz CT molecular complexity index is 288. The Kier molecular flexibility index (Phi) is 4.76.